The molecule has 2 heterocycles. The minimum Gasteiger partial charge on any atom is -0.319 e. The van der Waals surface area contributed by atoms with Crippen LogP contribution in [0, 0.1) is 13.8 Å². The topological polar surface area (TPSA) is 63.1 Å². The van der Waals surface area contributed by atoms with Crippen LogP contribution in [0.3, 0.4) is 0 Å². The zero-order valence-electron chi connectivity index (χ0n) is 13.5. The second-order valence-electron chi connectivity index (χ2n) is 6.00. The molecule has 1 N–H and O–H groups in total. The van der Waals surface area contributed by atoms with Gasteiger partial charge < -0.3 is 14.8 Å². The van der Waals surface area contributed by atoms with E-state index in [2.05, 4.69) is 15.5 Å². The van der Waals surface area contributed by atoms with Crippen LogP contribution in [0.25, 0.3) is 0 Å². The molecule has 1 aromatic carbocycles. The van der Waals surface area contributed by atoms with Crippen LogP contribution in [-0.2, 0) is 7.05 Å². The number of carbonyl (C=O) groups excluding carboxylic acids is 1. The fourth-order valence-corrected chi connectivity index (χ4v) is 3.49. The predicted molar refractivity (Wildman–Crippen MR) is 89.6 cm³/mol. The lowest BCUT2D eigenvalue weighted by molar-refractivity contribution is 0.204. The number of rotatable bonds is 2. The van der Waals surface area contributed by atoms with Crippen molar-refractivity contribution in [3.63, 3.8) is 0 Å². The first kappa shape index (κ1) is 15.8. The van der Waals surface area contributed by atoms with Crippen LogP contribution in [0.15, 0.2) is 18.5 Å². The van der Waals surface area contributed by atoms with Gasteiger partial charge in [0, 0.05) is 24.3 Å². The van der Waals surface area contributed by atoms with E-state index >= 15 is 0 Å². The third-order valence-electron chi connectivity index (χ3n) is 4.29. The maximum atomic E-state index is 12.7. The lowest BCUT2D eigenvalue weighted by Gasteiger charge is -2.25. The molecule has 3 rings (SSSR count). The normalized spacial score (nSPS) is 17.6. The van der Waals surface area contributed by atoms with Gasteiger partial charge in [0.25, 0.3) is 0 Å². The van der Waals surface area contributed by atoms with Gasteiger partial charge in [-0.05, 0) is 49.9 Å². The minimum atomic E-state index is -0.107. The number of hydrogen-bond donors (Lipinski definition) is 1. The highest BCUT2D eigenvalue weighted by Crippen LogP contribution is 2.32. The average Bonchev–Trinajstić information content (AvgIpc) is 3.10. The van der Waals surface area contributed by atoms with Crippen LogP contribution >= 0.6 is 11.6 Å². The van der Waals surface area contributed by atoms with E-state index in [1.54, 1.807) is 6.33 Å². The van der Waals surface area contributed by atoms with Gasteiger partial charge in [0.2, 0.25) is 0 Å². The number of aromatic nitrogens is 3. The van der Waals surface area contributed by atoms with Gasteiger partial charge in [0.05, 0.1) is 6.04 Å². The molecule has 0 aliphatic carbocycles. The van der Waals surface area contributed by atoms with Crippen molar-refractivity contribution >= 4 is 23.3 Å². The number of benzene rings is 1. The van der Waals surface area contributed by atoms with Crippen LogP contribution < -0.4 is 5.32 Å². The van der Waals surface area contributed by atoms with Crippen molar-refractivity contribution < 1.29 is 4.79 Å². The Balaban J connectivity index is 1.82. The van der Waals surface area contributed by atoms with Gasteiger partial charge in [-0.2, -0.15) is 0 Å². The fourth-order valence-electron chi connectivity index (χ4n) is 3.16. The molecule has 1 aliphatic rings. The Morgan fingerprint density at radius 3 is 2.65 bits per heavy atom. The Morgan fingerprint density at radius 1 is 1.35 bits per heavy atom. The van der Waals surface area contributed by atoms with Crippen LogP contribution in [-0.4, -0.2) is 32.2 Å². The summed E-state index contributed by atoms with van der Waals surface area (Å²) >= 11 is 6.05. The standard InChI is InChI=1S/C16H20ClN5O/c1-10-7-12(17)8-11(2)14(10)19-16(23)22-6-4-5-13(22)15-20-18-9-21(15)3/h7-9,13H,4-6H2,1-3H3,(H,19,23). The van der Waals surface area contributed by atoms with Crippen LogP contribution in [0.1, 0.15) is 35.8 Å². The van der Waals surface area contributed by atoms with E-state index in [-0.39, 0.29) is 12.1 Å². The van der Waals surface area contributed by atoms with Crippen molar-refractivity contribution in [3.05, 3.63) is 40.4 Å². The third-order valence-corrected chi connectivity index (χ3v) is 4.51. The van der Waals surface area contributed by atoms with Crippen molar-refractivity contribution in [2.45, 2.75) is 32.7 Å². The Kier molecular flexibility index (Phi) is 4.26. The zero-order chi connectivity index (χ0) is 16.6. The van der Waals surface area contributed by atoms with Crippen molar-refractivity contribution in [1.29, 1.82) is 0 Å². The summed E-state index contributed by atoms with van der Waals surface area (Å²) in [6.07, 6.45) is 3.53. The van der Waals surface area contributed by atoms with Crippen LogP contribution in [0.2, 0.25) is 5.02 Å². The number of anilines is 1. The summed E-state index contributed by atoms with van der Waals surface area (Å²) in [4.78, 5) is 14.6. The van der Waals surface area contributed by atoms with E-state index in [1.165, 1.54) is 0 Å². The van der Waals surface area contributed by atoms with Gasteiger partial charge in [0.1, 0.15) is 6.33 Å². The number of urea groups is 1. The summed E-state index contributed by atoms with van der Waals surface area (Å²) in [5, 5.41) is 11.8. The summed E-state index contributed by atoms with van der Waals surface area (Å²) in [6, 6.07) is 3.57. The summed E-state index contributed by atoms with van der Waals surface area (Å²) in [5.41, 5.74) is 2.73. The molecule has 122 valence electrons. The maximum absolute atomic E-state index is 12.7. The Labute approximate surface area is 140 Å². The highest BCUT2D eigenvalue weighted by Gasteiger charge is 2.33. The quantitative estimate of drug-likeness (QED) is 0.915. The summed E-state index contributed by atoms with van der Waals surface area (Å²) in [6.45, 7) is 4.60. The minimum absolute atomic E-state index is 0.0320. The highest BCUT2D eigenvalue weighted by atomic mass is 35.5. The van der Waals surface area contributed by atoms with Gasteiger partial charge in [-0.25, -0.2) is 4.79 Å². The molecule has 1 unspecified atom stereocenters. The van der Waals surface area contributed by atoms with Gasteiger partial charge in [-0.3, -0.25) is 0 Å². The van der Waals surface area contributed by atoms with E-state index in [9.17, 15) is 4.79 Å². The van der Waals surface area contributed by atoms with Gasteiger partial charge >= 0.3 is 6.03 Å². The zero-order valence-corrected chi connectivity index (χ0v) is 14.3. The molecule has 0 spiro atoms. The van der Waals surface area contributed by atoms with Crippen molar-refractivity contribution in [2.75, 3.05) is 11.9 Å². The first-order chi connectivity index (χ1) is 11.0. The molecule has 0 bridgehead atoms. The summed E-state index contributed by atoms with van der Waals surface area (Å²) in [7, 11) is 1.90. The van der Waals surface area contributed by atoms with E-state index in [0.29, 0.717) is 5.02 Å². The number of nitrogens with zero attached hydrogens (tertiary/aromatic N) is 4. The van der Waals surface area contributed by atoms with Gasteiger partial charge in [0.15, 0.2) is 5.82 Å². The third kappa shape index (κ3) is 3.03. The molecular formula is C16H20ClN5O. The Morgan fingerprint density at radius 2 is 2.04 bits per heavy atom. The second-order valence-corrected chi connectivity index (χ2v) is 6.43. The molecular weight excluding hydrogens is 314 g/mol. The van der Waals surface area contributed by atoms with Gasteiger partial charge in [-0.15, -0.1) is 10.2 Å². The first-order valence-corrected chi connectivity index (χ1v) is 8.03. The number of carbonyl (C=O) groups is 1. The van der Waals surface area contributed by atoms with E-state index in [0.717, 1.165) is 42.0 Å². The molecule has 2 amide bonds. The largest absolute Gasteiger partial charge is 0.322 e. The number of halogens is 1. The fraction of sp³-hybridized carbons (Fsp3) is 0.438. The Hall–Kier alpha value is -2.08. The smallest absolute Gasteiger partial charge is 0.319 e. The lowest BCUT2D eigenvalue weighted by atomic mass is 10.1. The highest BCUT2D eigenvalue weighted by molar-refractivity contribution is 6.30. The second kappa shape index (κ2) is 6.20. The predicted octanol–water partition coefficient (Wildman–Crippen LogP) is 3.45. The number of aryl methyl sites for hydroxylation is 3. The molecule has 1 fully saturated rings. The molecule has 1 aliphatic heterocycles. The monoisotopic (exact) mass is 333 g/mol. The van der Waals surface area contributed by atoms with Crippen molar-refractivity contribution in [3.8, 4) is 0 Å². The molecule has 2 aromatic rings. The molecule has 7 heteroatoms. The average molecular weight is 334 g/mol. The summed E-state index contributed by atoms with van der Waals surface area (Å²) < 4.78 is 1.87. The summed E-state index contributed by atoms with van der Waals surface area (Å²) in [5.74, 6) is 0.821. The molecule has 1 aromatic heterocycles. The lowest BCUT2D eigenvalue weighted by Crippen LogP contribution is -2.35. The Bertz CT molecular complexity index is 719. The molecule has 0 saturated carbocycles. The first-order valence-electron chi connectivity index (χ1n) is 7.65. The van der Waals surface area contributed by atoms with E-state index in [4.69, 9.17) is 11.6 Å². The number of hydrogen-bond acceptors (Lipinski definition) is 3. The molecule has 1 saturated heterocycles. The van der Waals surface area contributed by atoms with Crippen LogP contribution in [0.4, 0.5) is 10.5 Å². The number of nitrogens with one attached hydrogen (secondary N) is 1. The van der Waals surface area contributed by atoms with Crippen molar-refractivity contribution in [1.82, 2.24) is 19.7 Å². The maximum Gasteiger partial charge on any atom is 0.322 e. The molecule has 0 radical (unpaired) electrons. The van der Waals surface area contributed by atoms with E-state index in [1.807, 2.05) is 42.5 Å². The van der Waals surface area contributed by atoms with Crippen LogP contribution in [0.5, 0.6) is 0 Å². The molecule has 6 nitrogen and oxygen atoms in total. The van der Waals surface area contributed by atoms with E-state index < -0.39 is 0 Å². The molecule has 23 heavy (non-hydrogen) atoms. The number of amides is 2. The number of likely N-dealkylation sites (tertiary alicyclic amines) is 1. The SMILES string of the molecule is Cc1cc(Cl)cc(C)c1NC(=O)N1CCCC1c1nncn1C. The molecule has 1 atom stereocenters. The van der Waals surface area contributed by atoms with Crippen molar-refractivity contribution in [2.24, 2.45) is 7.05 Å². The van der Waals surface area contributed by atoms with Gasteiger partial charge in [-0.1, -0.05) is 11.6 Å².